The lowest BCUT2D eigenvalue weighted by Crippen LogP contribution is -2.31. The predicted molar refractivity (Wildman–Crippen MR) is 118 cm³/mol. The molecule has 0 saturated carbocycles. The van der Waals surface area contributed by atoms with E-state index in [4.69, 9.17) is 4.74 Å². The van der Waals surface area contributed by atoms with Gasteiger partial charge in [-0.15, -0.1) is 0 Å². The summed E-state index contributed by atoms with van der Waals surface area (Å²) in [5.41, 5.74) is 2.50. The van der Waals surface area contributed by atoms with E-state index < -0.39 is 5.97 Å². The lowest BCUT2D eigenvalue weighted by Gasteiger charge is -2.14. The fourth-order valence-corrected chi connectivity index (χ4v) is 3.11. The Morgan fingerprint density at radius 2 is 1.81 bits per heavy atom. The Hall–Kier alpha value is -3.87. The van der Waals surface area contributed by atoms with Crippen molar-refractivity contribution < 1.29 is 24.2 Å². The third-order valence-electron chi connectivity index (χ3n) is 4.75. The molecule has 3 rings (SSSR count). The molecule has 0 unspecified atom stereocenters. The number of aliphatic hydroxyl groups excluding tert-OH is 1. The number of nitrogens with one attached hydrogen (secondary N) is 1. The van der Waals surface area contributed by atoms with Crippen molar-refractivity contribution in [3.05, 3.63) is 82.8 Å². The smallest absolute Gasteiger partial charge is 0.343 e. The van der Waals surface area contributed by atoms with Crippen LogP contribution in [0.2, 0.25) is 0 Å². The highest BCUT2D eigenvalue weighted by Crippen LogP contribution is 2.26. The van der Waals surface area contributed by atoms with Crippen molar-refractivity contribution in [2.24, 2.45) is 4.99 Å². The fourth-order valence-electron chi connectivity index (χ4n) is 3.11. The summed E-state index contributed by atoms with van der Waals surface area (Å²) in [5, 5.41) is 13.2. The van der Waals surface area contributed by atoms with Gasteiger partial charge in [-0.3, -0.25) is 4.79 Å². The van der Waals surface area contributed by atoms with Crippen molar-refractivity contribution >= 4 is 23.7 Å². The van der Waals surface area contributed by atoms with Crippen LogP contribution in [-0.4, -0.2) is 36.4 Å². The summed E-state index contributed by atoms with van der Waals surface area (Å²) < 4.78 is 10.2. The van der Waals surface area contributed by atoms with Gasteiger partial charge < -0.3 is 19.9 Å². The number of esters is 1. The SMILES string of the molecule is COC(=O)C1=C(O)/C(=C\c2ccc(OCC(=O)N[C@H](C)c3ccccc3)cc2)N=C1C. The molecule has 0 aliphatic carbocycles. The summed E-state index contributed by atoms with van der Waals surface area (Å²) in [7, 11) is 1.25. The number of hydrogen-bond donors (Lipinski definition) is 2. The minimum Gasteiger partial charge on any atom is -0.505 e. The molecule has 0 bridgehead atoms. The maximum absolute atomic E-state index is 12.1. The number of ether oxygens (including phenoxy) is 2. The number of methoxy groups -OCH3 is 1. The molecular weight excluding hydrogens is 396 g/mol. The molecule has 160 valence electrons. The van der Waals surface area contributed by atoms with Gasteiger partial charge in [-0.1, -0.05) is 42.5 Å². The average Bonchev–Trinajstić information content (AvgIpc) is 3.06. The van der Waals surface area contributed by atoms with Gasteiger partial charge in [0.25, 0.3) is 5.91 Å². The molecule has 1 amide bonds. The van der Waals surface area contributed by atoms with Crippen molar-refractivity contribution in [2.75, 3.05) is 13.7 Å². The highest BCUT2D eigenvalue weighted by atomic mass is 16.5. The summed E-state index contributed by atoms with van der Waals surface area (Å²) in [5.74, 6) is -0.533. The standard InChI is InChI=1S/C24H24N2O5/c1-15(18-7-5-4-6-8-18)26-21(27)14-31-19-11-9-17(10-12-19)13-20-23(28)22(16(2)25-20)24(29)30-3/h4-13,15,28H,14H2,1-3H3,(H,26,27)/b20-13+/t15-/m1/s1. The van der Waals surface area contributed by atoms with Gasteiger partial charge in [0.2, 0.25) is 0 Å². The summed E-state index contributed by atoms with van der Waals surface area (Å²) in [6.07, 6.45) is 1.65. The zero-order valence-electron chi connectivity index (χ0n) is 17.6. The number of rotatable bonds is 7. The largest absolute Gasteiger partial charge is 0.505 e. The topological polar surface area (TPSA) is 97.2 Å². The van der Waals surface area contributed by atoms with Crippen LogP contribution in [0.1, 0.15) is 31.0 Å². The molecule has 0 radical (unpaired) electrons. The Morgan fingerprint density at radius 3 is 2.45 bits per heavy atom. The number of nitrogens with zero attached hydrogens (tertiary/aromatic N) is 1. The molecule has 7 heteroatoms. The first kappa shape index (κ1) is 21.8. The molecule has 2 N–H and O–H groups in total. The van der Waals surface area contributed by atoms with Crippen LogP contribution in [0.5, 0.6) is 5.75 Å². The number of aliphatic imine (C=N–C) groups is 1. The van der Waals surface area contributed by atoms with Crippen LogP contribution in [0.25, 0.3) is 6.08 Å². The van der Waals surface area contributed by atoms with Crippen molar-refractivity contribution in [1.29, 1.82) is 0 Å². The summed E-state index contributed by atoms with van der Waals surface area (Å²) in [6, 6.07) is 16.5. The second-order valence-electron chi connectivity index (χ2n) is 7.00. The van der Waals surface area contributed by atoms with Crippen molar-refractivity contribution in [3.8, 4) is 5.75 Å². The highest BCUT2D eigenvalue weighted by Gasteiger charge is 2.27. The van der Waals surface area contributed by atoms with Gasteiger partial charge in [0.05, 0.1) is 18.9 Å². The Labute approximate surface area is 180 Å². The fraction of sp³-hybridized carbons (Fsp3) is 0.208. The minimum absolute atomic E-state index is 0.0597. The Bertz CT molecular complexity index is 1050. The molecule has 0 fully saturated rings. The maximum Gasteiger partial charge on any atom is 0.343 e. The van der Waals surface area contributed by atoms with E-state index in [1.165, 1.54) is 7.11 Å². The van der Waals surface area contributed by atoms with E-state index in [-0.39, 0.29) is 35.6 Å². The Balaban J connectivity index is 1.58. The molecule has 0 spiro atoms. The third-order valence-corrected chi connectivity index (χ3v) is 4.75. The lowest BCUT2D eigenvalue weighted by molar-refractivity contribution is -0.135. The normalized spacial score (nSPS) is 15.5. The van der Waals surface area contributed by atoms with Crippen LogP contribution in [0, 0.1) is 0 Å². The van der Waals surface area contributed by atoms with E-state index >= 15 is 0 Å². The highest BCUT2D eigenvalue weighted by molar-refractivity contribution is 6.21. The predicted octanol–water partition coefficient (Wildman–Crippen LogP) is 3.74. The first-order chi connectivity index (χ1) is 14.9. The zero-order chi connectivity index (χ0) is 22.4. The number of benzene rings is 2. The van der Waals surface area contributed by atoms with Crippen LogP contribution < -0.4 is 10.1 Å². The minimum atomic E-state index is -0.634. The molecule has 0 saturated heterocycles. The van der Waals surface area contributed by atoms with E-state index in [0.29, 0.717) is 11.5 Å². The van der Waals surface area contributed by atoms with E-state index in [1.54, 1.807) is 37.3 Å². The average molecular weight is 420 g/mol. The lowest BCUT2D eigenvalue weighted by atomic mass is 10.1. The van der Waals surface area contributed by atoms with Gasteiger partial charge in [-0.2, -0.15) is 0 Å². The molecular formula is C24H24N2O5. The van der Waals surface area contributed by atoms with E-state index in [2.05, 4.69) is 15.0 Å². The molecule has 1 aliphatic heterocycles. The molecule has 1 aliphatic rings. The van der Waals surface area contributed by atoms with Crippen LogP contribution in [-0.2, 0) is 14.3 Å². The Morgan fingerprint density at radius 1 is 1.13 bits per heavy atom. The monoisotopic (exact) mass is 420 g/mol. The second-order valence-corrected chi connectivity index (χ2v) is 7.00. The van der Waals surface area contributed by atoms with Gasteiger partial charge in [-0.25, -0.2) is 9.79 Å². The molecule has 2 aromatic carbocycles. The molecule has 31 heavy (non-hydrogen) atoms. The molecule has 1 heterocycles. The van der Waals surface area contributed by atoms with Crippen molar-refractivity contribution in [3.63, 3.8) is 0 Å². The molecule has 2 aromatic rings. The van der Waals surface area contributed by atoms with Gasteiger partial charge >= 0.3 is 5.97 Å². The second kappa shape index (κ2) is 9.75. The molecule has 1 atom stereocenters. The number of amides is 1. The van der Waals surface area contributed by atoms with Crippen LogP contribution in [0.4, 0.5) is 0 Å². The first-order valence-corrected chi connectivity index (χ1v) is 9.75. The van der Waals surface area contributed by atoms with Crippen LogP contribution in [0.3, 0.4) is 0 Å². The first-order valence-electron chi connectivity index (χ1n) is 9.75. The van der Waals surface area contributed by atoms with Gasteiger partial charge in [0.1, 0.15) is 17.0 Å². The quantitative estimate of drug-likeness (QED) is 0.665. The van der Waals surface area contributed by atoms with Gasteiger partial charge in [0, 0.05) is 0 Å². The van der Waals surface area contributed by atoms with Crippen LogP contribution in [0.15, 0.2) is 76.6 Å². The maximum atomic E-state index is 12.1. The Kier molecular flexibility index (Phi) is 6.87. The van der Waals surface area contributed by atoms with Gasteiger partial charge in [-0.05, 0) is 43.2 Å². The number of hydrogen-bond acceptors (Lipinski definition) is 6. The number of carbonyl (C=O) groups is 2. The van der Waals surface area contributed by atoms with E-state index in [0.717, 1.165) is 11.1 Å². The van der Waals surface area contributed by atoms with Crippen molar-refractivity contribution in [2.45, 2.75) is 19.9 Å². The number of aliphatic hydroxyl groups is 1. The van der Waals surface area contributed by atoms with E-state index in [9.17, 15) is 14.7 Å². The third kappa shape index (κ3) is 5.39. The van der Waals surface area contributed by atoms with Crippen molar-refractivity contribution in [1.82, 2.24) is 5.32 Å². The van der Waals surface area contributed by atoms with Gasteiger partial charge in [0.15, 0.2) is 12.4 Å². The molecule has 7 nitrogen and oxygen atoms in total. The summed E-state index contributed by atoms with van der Waals surface area (Å²) in [4.78, 5) is 28.1. The number of carbonyl (C=O) groups excluding carboxylic acids is 2. The zero-order valence-corrected chi connectivity index (χ0v) is 17.6. The van der Waals surface area contributed by atoms with E-state index in [1.807, 2.05) is 37.3 Å². The van der Waals surface area contributed by atoms with Crippen LogP contribution >= 0.6 is 0 Å². The summed E-state index contributed by atoms with van der Waals surface area (Å²) in [6.45, 7) is 3.44. The molecule has 0 aromatic heterocycles. The summed E-state index contributed by atoms with van der Waals surface area (Å²) >= 11 is 0.